The lowest BCUT2D eigenvalue weighted by atomic mass is 10.3. The maximum absolute atomic E-state index is 11.6. The molecule has 0 aliphatic heterocycles. The Bertz CT molecular complexity index is 382. The second-order valence-electron chi connectivity index (χ2n) is 3.57. The van der Waals surface area contributed by atoms with Gasteiger partial charge in [0.05, 0.1) is 31.3 Å². The van der Waals surface area contributed by atoms with Crippen molar-refractivity contribution in [2.75, 3.05) is 19.8 Å². The van der Waals surface area contributed by atoms with E-state index in [1.54, 1.807) is 11.6 Å². The summed E-state index contributed by atoms with van der Waals surface area (Å²) in [7, 11) is 0. The number of carbonyl (C=O) groups excluding carboxylic acids is 1. The van der Waals surface area contributed by atoms with Crippen molar-refractivity contribution in [1.82, 2.24) is 15.0 Å². The van der Waals surface area contributed by atoms with Crippen LogP contribution in [0.5, 0.6) is 0 Å². The Morgan fingerprint density at radius 3 is 2.78 bits per heavy atom. The van der Waals surface area contributed by atoms with Crippen molar-refractivity contribution < 1.29 is 14.3 Å². The van der Waals surface area contributed by atoms with Crippen molar-refractivity contribution in [3.05, 3.63) is 11.4 Å². The number of hydrogen-bond donors (Lipinski definition) is 0. The van der Waals surface area contributed by atoms with E-state index in [-0.39, 0.29) is 11.6 Å². The van der Waals surface area contributed by atoms with E-state index in [9.17, 15) is 4.79 Å². The third-order valence-electron chi connectivity index (χ3n) is 2.23. The third kappa shape index (κ3) is 3.96. The van der Waals surface area contributed by atoms with Crippen molar-refractivity contribution in [1.29, 1.82) is 0 Å². The molecule has 1 rings (SSSR count). The van der Waals surface area contributed by atoms with Crippen LogP contribution in [-0.4, -0.2) is 40.8 Å². The summed E-state index contributed by atoms with van der Waals surface area (Å²) in [4.78, 5) is 11.6. The Kier molecular flexibility index (Phi) is 6.67. The van der Waals surface area contributed by atoms with Crippen LogP contribution in [0.4, 0.5) is 0 Å². The molecule has 7 heteroatoms. The summed E-state index contributed by atoms with van der Waals surface area (Å²) in [5.41, 5.74) is 0.748. The number of aromatic nitrogens is 3. The number of esters is 1. The summed E-state index contributed by atoms with van der Waals surface area (Å²) in [6, 6.07) is 0. The SMILES string of the molecule is CCCOCCn1nnc(C(=O)OCC)c1CCl. The zero-order valence-corrected chi connectivity index (χ0v) is 11.4. The molecule has 6 nitrogen and oxygen atoms in total. The van der Waals surface area contributed by atoms with Crippen molar-refractivity contribution >= 4 is 17.6 Å². The van der Waals surface area contributed by atoms with Gasteiger partial charge in [0, 0.05) is 6.61 Å². The van der Waals surface area contributed by atoms with E-state index in [1.165, 1.54) is 0 Å². The second-order valence-corrected chi connectivity index (χ2v) is 3.84. The molecule has 18 heavy (non-hydrogen) atoms. The Morgan fingerprint density at radius 1 is 1.39 bits per heavy atom. The van der Waals surface area contributed by atoms with E-state index in [2.05, 4.69) is 10.3 Å². The van der Waals surface area contributed by atoms with Crippen LogP contribution < -0.4 is 0 Å². The van der Waals surface area contributed by atoms with Crippen LogP contribution in [0.1, 0.15) is 36.5 Å². The van der Waals surface area contributed by atoms with Gasteiger partial charge in [-0.2, -0.15) is 0 Å². The fraction of sp³-hybridized carbons (Fsp3) is 0.727. The monoisotopic (exact) mass is 275 g/mol. The topological polar surface area (TPSA) is 66.2 Å². The van der Waals surface area contributed by atoms with E-state index in [0.717, 1.165) is 6.42 Å². The normalized spacial score (nSPS) is 10.6. The predicted molar refractivity (Wildman–Crippen MR) is 66.6 cm³/mol. The maximum atomic E-state index is 11.6. The highest BCUT2D eigenvalue weighted by Crippen LogP contribution is 2.10. The van der Waals surface area contributed by atoms with Gasteiger partial charge in [0.2, 0.25) is 0 Å². The Hall–Kier alpha value is -1.14. The van der Waals surface area contributed by atoms with Crippen LogP contribution >= 0.6 is 11.6 Å². The van der Waals surface area contributed by atoms with Crippen LogP contribution in [0.15, 0.2) is 0 Å². The fourth-order valence-electron chi connectivity index (χ4n) is 1.40. The summed E-state index contributed by atoms with van der Waals surface area (Å²) in [5.74, 6) is -0.330. The van der Waals surface area contributed by atoms with Crippen LogP contribution in [0.2, 0.25) is 0 Å². The molecule has 0 aliphatic rings. The summed E-state index contributed by atoms with van der Waals surface area (Å²) in [5, 5.41) is 7.69. The van der Waals surface area contributed by atoms with E-state index in [0.29, 0.717) is 32.1 Å². The minimum atomic E-state index is -0.492. The van der Waals surface area contributed by atoms with Crippen molar-refractivity contribution in [2.45, 2.75) is 32.7 Å². The molecule has 0 spiro atoms. The van der Waals surface area contributed by atoms with Gasteiger partial charge in [0.15, 0.2) is 5.69 Å². The number of ether oxygens (including phenoxy) is 2. The summed E-state index contributed by atoms with van der Waals surface area (Å²) in [6.45, 7) is 5.82. The van der Waals surface area contributed by atoms with E-state index < -0.39 is 5.97 Å². The minimum absolute atomic E-state index is 0.162. The molecule has 0 unspecified atom stereocenters. The first-order valence-corrected chi connectivity index (χ1v) is 6.51. The van der Waals surface area contributed by atoms with Gasteiger partial charge in [-0.1, -0.05) is 12.1 Å². The molecular formula is C11H18ClN3O3. The number of hydrogen-bond acceptors (Lipinski definition) is 5. The average molecular weight is 276 g/mol. The highest BCUT2D eigenvalue weighted by atomic mass is 35.5. The third-order valence-corrected chi connectivity index (χ3v) is 2.48. The smallest absolute Gasteiger partial charge is 0.360 e. The molecule has 0 N–H and O–H groups in total. The van der Waals surface area contributed by atoms with Gasteiger partial charge in [-0.05, 0) is 13.3 Å². The molecule has 1 aromatic heterocycles. The molecule has 1 aromatic rings. The zero-order chi connectivity index (χ0) is 13.4. The van der Waals surface area contributed by atoms with Gasteiger partial charge < -0.3 is 9.47 Å². The number of carbonyl (C=O) groups is 1. The molecule has 0 aromatic carbocycles. The van der Waals surface area contributed by atoms with Crippen LogP contribution in [-0.2, 0) is 21.9 Å². The van der Waals surface area contributed by atoms with Gasteiger partial charge in [-0.15, -0.1) is 16.7 Å². The molecule has 0 saturated heterocycles. The molecule has 102 valence electrons. The molecular weight excluding hydrogens is 258 g/mol. The maximum Gasteiger partial charge on any atom is 0.360 e. The fourth-order valence-corrected chi connectivity index (χ4v) is 1.66. The Labute approximate surface area is 111 Å². The zero-order valence-electron chi connectivity index (χ0n) is 10.7. The summed E-state index contributed by atoms with van der Waals surface area (Å²) >= 11 is 5.81. The van der Waals surface area contributed by atoms with Crippen molar-refractivity contribution in [3.8, 4) is 0 Å². The average Bonchev–Trinajstić information content (AvgIpc) is 2.78. The first-order valence-electron chi connectivity index (χ1n) is 5.97. The quantitative estimate of drug-likeness (QED) is 0.410. The summed E-state index contributed by atoms with van der Waals surface area (Å²) in [6.07, 6.45) is 0.966. The van der Waals surface area contributed by atoms with Gasteiger partial charge in [-0.25, -0.2) is 9.48 Å². The lowest BCUT2D eigenvalue weighted by Gasteiger charge is -2.05. The lowest BCUT2D eigenvalue weighted by molar-refractivity contribution is 0.0518. The highest BCUT2D eigenvalue weighted by Gasteiger charge is 2.19. The van der Waals surface area contributed by atoms with Crippen molar-refractivity contribution in [3.63, 3.8) is 0 Å². The van der Waals surface area contributed by atoms with Crippen LogP contribution in [0.3, 0.4) is 0 Å². The number of rotatable bonds is 8. The highest BCUT2D eigenvalue weighted by molar-refractivity contribution is 6.17. The standard InChI is InChI=1S/C11H18ClN3O3/c1-3-6-17-7-5-15-9(8-12)10(13-14-15)11(16)18-4-2/h3-8H2,1-2H3. The van der Waals surface area contributed by atoms with Crippen molar-refractivity contribution in [2.24, 2.45) is 0 Å². The number of alkyl halides is 1. The first kappa shape index (κ1) is 14.9. The molecule has 0 aliphatic carbocycles. The van der Waals surface area contributed by atoms with Crippen LogP contribution in [0.25, 0.3) is 0 Å². The Morgan fingerprint density at radius 2 is 2.17 bits per heavy atom. The van der Waals surface area contributed by atoms with Gasteiger partial charge in [0.25, 0.3) is 0 Å². The van der Waals surface area contributed by atoms with Crippen LogP contribution in [0, 0.1) is 0 Å². The van der Waals surface area contributed by atoms with Gasteiger partial charge in [0.1, 0.15) is 0 Å². The largest absolute Gasteiger partial charge is 0.461 e. The van der Waals surface area contributed by atoms with E-state index in [4.69, 9.17) is 21.1 Å². The molecule has 0 fully saturated rings. The van der Waals surface area contributed by atoms with E-state index in [1.807, 2.05) is 6.92 Å². The number of nitrogens with zero attached hydrogens (tertiary/aromatic N) is 3. The summed E-state index contributed by atoms with van der Waals surface area (Å²) < 4.78 is 11.8. The molecule has 1 heterocycles. The first-order chi connectivity index (χ1) is 8.74. The lowest BCUT2D eigenvalue weighted by Crippen LogP contribution is -2.12. The number of halogens is 1. The Balaban J connectivity index is 2.66. The van der Waals surface area contributed by atoms with Gasteiger partial charge >= 0.3 is 5.97 Å². The molecule has 0 bridgehead atoms. The molecule has 0 radical (unpaired) electrons. The predicted octanol–water partition coefficient (Wildman–Crippen LogP) is 1.62. The molecule has 0 atom stereocenters. The minimum Gasteiger partial charge on any atom is -0.461 e. The van der Waals surface area contributed by atoms with E-state index >= 15 is 0 Å². The second kappa shape index (κ2) is 8.05. The van der Waals surface area contributed by atoms with Gasteiger partial charge in [-0.3, -0.25) is 0 Å². The molecule has 0 saturated carbocycles. The molecule has 0 amide bonds.